The van der Waals surface area contributed by atoms with Gasteiger partial charge in [0.1, 0.15) is 5.76 Å². The van der Waals surface area contributed by atoms with E-state index < -0.39 is 5.75 Å². The van der Waals surface area contributed by atoms with Crippen LogP contribution in [0.25, 0.3) is 11.0 Å². The van der Waals surface area contributed by atoms with Gasteiger partial charge in [-0.2, -0.15) is 0 Å². The van der Waals surface area contributed by atoms with Gasteiger partial charge < -0.3 is 28.8 Å². The first-order valence-electron chi connectivity index (χ1n) is 7.71. The summed E-state index contributed by atoms with van der Waals surface area (Å²) in [7, 11) is 4.40. The van der Waals surface area contributed by atoms with E-state index in [-0.39, 0.29) is 22.7 Å². The Hall–Kier alpha value is -3.35. The Morgan fingerprint density at radius 2 is 1.62 bits per heavy atom. The van der Waals surface area contributed by atoms with E-state index in [1.165, 1.54) is 33.5 Å². The summed E-state index contributed by atoms with van der Waals surface area (Å²) < 4.78 is 21.3. The van der Waals surface area contributed by atoms with E-state index in [2.05, 4.69) is 0 Å². The molecule has 0 atom stereocenters. The Balaban J connectivity index is 2.21. The van der Waals surface area contributed by atoms with Crippen molar-refractivity contribution in [2.45, 2.75) is 6.92 Å². The van der Waals surface area contributed by atoms with Crippen LogP contribution in [0.4, 0.5) is 0 Å². The number of carbonyl (C=O) groups is 1. The first-order chi connectivity index (χ1) is 12.4. The molecule has 3 rings (SSSR count). The van der Waals surface area contributed by atoms with E-state index >= 15 is 0 Å². The summed E-state index contributed by atoms with van der Waals surface area (Å²) in [4.78, 5) is 13.1. The molecule has 0 aliphatic carbocycles. The maximum atomic E-state index is 13.1. The molecule has 2 aromatic carbocycles. The molecule has 0 saturated heterocycles. The molecule has 0 aliphatic rings. The molecule has 0 unspecified atom stereocenters. The maximum absolute atomic E-state index is 13.1. The maximum Gasteiger partial charge on any atom is 0.203 e. The van der Waals surface area contributed by atoms with Gasteiger partial charge in [0.25, 0.3) is 0 Å². The van der Waals surface area contributed by atoms with Crippen LogP contribution in [0.2, 0.25) is 0 Å². The van der Waals surface area contributed by atoms with Gasteiger partial charge in [0.05, 0.1) is 26.9 Å². The highest BCUT2D eigenvalue weighted by atomic mass is 16.5. The Kier molecular flexibility index (Phi) is 4.38. The number of rotatable bonds is 5. The summed E-state index contributed by atoms with van der Waals surface area (Å²) in [6.45, 7) is 1.61. The van der Waals surface area contributed by atoms with E-state index in [1.807, 2.05) is 0 Å². The number of aryl methyl sites for hydroxylation is 1. The quantitative estimate of drug-likeness (QED) is 0.533. The highest BCUT2D eigenvalue weighted by Crippen LogP contribution is 2.41. The summed E-state index contributed by atoms with van der Waals surface area (Å²) >= 11 is 0. The molecule has 0 amide bonds. The van der Waals surface area contributed by atoms with E-state index in [0.29, 0.717) is 34.0 Å². The number of hydrogen-bond donors (Lipinski definition) is 2. The second kappa shape index (κ2) is 6.51. The van der Waals surface area contributed by atoms with Gasteiger partial charge in [0.2, 0.25) is 11.5 Å². The first-order valence-corrected chi connectivity index (χ1v) is 7.71. The summed E-state index contributed by atoms with van der Waals surface area (Å²) in [6.07, 6.45) is 0. The molecule has 1 aromatic heterocycles. The van der Waals surface area contributed by atoms with Gasteiger partial charge in [-0.25, -0.2) is 0 Å². The van der Waals surface area contributed by atoms with Crippen LogP contribution in [0.3, 0.4) is 0 Å². The summed E-state index contributed by atoms with van der Waals surface area (Å²) in [6, 6.07) is 5.91. The van der Waals surface area contributed by atoms with Gasteiger partial charge in [-0.1, -0.05) is 0 Å². The highest BCUT2D eigenvalue weighted by molar-refractivity contribution is 6.18. The number of fused-ring (bicyclic) bond motifs is 1. The van der Waals surface area contributed by atoms with Crippen LogP contribution in [-0.4, -0.2) is 37.3 Å². The minimum Gasteiger partial charge on any atom is -0.504 e. The molecule has 0 saturated carbocycles. The summed E-state index contributed by atoms with van der Waals surface area (Å²) in [5, 5.41) is 20.0. The molecule has 7 heteroatoms. The number of carbonyl (C=O) groups excluding carboxylic acids is 1. The zero-order valence-corrected chi connectivity index (χ0v) is 14.7. The fraction of sp³-hybridized carbons (Fsp3) is 0.211. The minimum atomic E-state index is -0.408. The molecule has 136 valence electrons. The lowest BCUT2D eigenvalue weighted by Gasteiger charge is -2.13. The summed E-state index contributed by atoms with van der Waals surface area (Å²) in [5.41, 5.74) is 0.640. The first kappa shape index (κ1) is 17.5. The molecule has 0 fully saturated rings. The van der Waals surface area contributed by atoms with Crippen molar-refractivity contribution in [3.63, 3.8) is 0 Å². The fourth-order valence-electron chi connectivity index (χ4n) is 2.89. The molecule has 1 heterocycles. The smallest absolute Gasteiger partial charge is 0.203 e. The Bertz CT molecular complexity index is 976. The van der Waals surface area contributed by atoms with Gasteiger partial charge in [-0.15, -0.1) is 0 Å². The van der Waals surface area contributed by atoms with Gasteiger partial charge in [-0.05, 0) is 31.2 Å². The van der Waals surface area contributed by atoms with E-state index in [9.17, 15) is 15.0 Å². The number of ether oxygens (including phenoxy) is 3. The number of phenols is 2. The van der Waals surface area contributed by atoms with Crippen LogP contribution in [0.1, 0.15) is 21.7 Å². The minimum absolute atomic E-state index is 0.0540. The van der Waals surface area contributed by atoms with Crippen molar-refractivity contribution in [2.24, 2.45) is 0 Å². The molecule has 0 aliphatic heterocycles. The standard InChI is InChI=1S/C19H18O7/c1-9-15(11-5-6-12(20)17(22)18(11)26-9)16(21)10-7-13(23-2)19(25-4)14(8-10)24-3/h5-8,20,22H,1-4H3. The Morgan fingerprint density at radius 3 is 2.15 bits per heavy atom. The Labute approximate surface area is 149 Å². The van der Waals surface area contributed by atoms with Crippen LogP contribution in [0.15, 0.2) is 28.7 Å². The molecule has 0 bridgehead atoms. The average molecular weight is 358 g/mol. The molecular formula is C19H18O7. The van der Waals surface area contributed by atoms with Crippen molar-refractivity contribution in [3.05, 3.63) is 41.2 Å². The summed E-state index contributed by atoms with van der Waals surface area (Å²) in [5.74, 6) is 0.322. The second-order valence-corrected chi connectivity index (χ2v) is 5.59. The Morgan fingerprint density at radius 1 is 1.00 bits per heavy atom. The van der Waals surface area contributed by atoms with E-state index in [1.54, 1.807) is 19.1 Å². The fourth-order valence-corrected chi connectivity index (χ4v) is 2.89. The zero-order valence-electron chi connectivity index (χ0n) is 14.7. The number of methoxy groups -OCH3 is 3. The molecular weight excluding hydrogens is 340 g/mol. The number of aromatic hydroxyl groups is 2. The predicted molar refractivity (Wildman–Crippen MR) is 93.8 cm³/mol. The molecule has 0 radical (unpaired) electrons. The highest BCUT2D eigenvalue weighted by Gasteiger charge is 2.25. The third-order valence-electron chi connectivity index (χ3n) is 4.14. The van der Waals surface area contributed by atoms with Gasteiger partial charge in [-0.3, -0.25) is 4.79 Å². The third-order valence-corrected chi connectivity index (χ3v) is 4.14. The van der Waals surface area contributed by atoms with Crippen molar-refractivity contribution < 1.29 is 33.6 Å². The molecule has 26 heavy (non-hydrogen) atoms. The van der Waals surface area contributed by atoms with Crippen molar-refractivity contribution in [1.29, 1.82) is 0 Å². The lowest BCUT2D eigenvalue weighted by molar-refractivity contribution is 0.103. The largest absolute Gasteiger partial charge is 0.504 e. The number of hydrogen-bond acceptors (Lipinski definition) is 7. The number of benzene rings is 2. The van der Waals surface area contributed by atoms with Gasteiger partial charge in [0.15, 0.2) is 28.6 Å². The molecule has 0 spiro atoms. The normalized spacial score (nSPS) is 10.8. The SMILES string of the molecule is COc1cc(C(=O)c2c(C)oc3c(O)c(O)ccc23)cc(OC)c1OC. The van der Waals surface area contributed by atoms with Crippen LogP contribution < -0.4 is 14.2 Å². The number of furan rings is 1. The van der Waals surface area contributed by atoms with Crippen LogP contribution in [-0.2, 0) is 0 Å². The van der Waals surface area contributed by atoms with Crippen molar-refractivity contribution >= 4 is 16.8 Å². The lowest BCUT2D eigenvalue weighted by atomic mass is 9.99. The molecule has 2 N–H and O–H groups in total. The monoisotopic (exact) mass is 358 g/mol. The molecule has 3 aromatic rings. The number of phenolic OH excluding ortho intramolecular Hbond substituents is 2. The average Bonchev–Trinajstić information content (AvgIpc) is 2.99. The van der Waals surface area contributed by atoms with Crippen molar-refractivity contribution in [3.8, 4) is 28.7 Å². The topological polar surface area (TPSA) is 98.4 Å². The lowest BCUT2D eigenvalue weighted by Crippen LogP contribution is -2.05. The van der Waals surface area contributed by atoms with Crippen molar-refractivity contribution in [1.82, 2.24) is 0 Å². The third kappa shape index (κ3) is 2.57. The second-order valence-electron chi connectivity index (χ2n) is 5.59. The predicted octanol–water partition coefficient (Wildman–Crippen LogP) is 3.41. The van der Waals surface area contributed by atoms with Crippen LogP contribution in [0.5, 0.6) is 28.7 Å². The molecule has 7 nitrogen and oxygen atoms in total. The van der Waals surface area contributed by atoms with E-state index in [4.69, 9.17) is 18.6 Å². The van der Waals surface area contributed by atoms with Gasteiger partial charge >= 0.3 is 0 Å². The number of ketones is 1. The van der Waals surface area contributed by atoms with E-state index in [0.717, 1.165) is 0 Å². The van der Waals surface area contributed by atoms with Crippen LogP contribution in [0, 0.1) is 6.92 Å². The zero-order chi connectivity index (χ0) is 19.0. The van der Waals surface area contributed by atoms with Crippen molar-refractivity contribution in [2.75, 3.05) is 21.3 Å². The van der Waals surface area contributed by atoms with Crippen LogP contribution >= 0.6 is 0 Å². The van der Waals surface area contributed by atoms with Gasteiger partial charge in [0, 0.05) is 10.9 Å².